The van der Waals surface area contributed by atoms with Crippen molar-refractivity contribution in [3.05, 3.63) is 78.4 Å². The second-order valence-corrected chi connectivity index (χ2v) is 11.1. The zero-order valence-corrected chi connectivity index (χ0v) is 22.2. The molecule has 0 fully saturated rings. The van der Waals surface area contributed by atoms with E-state index in [-0.39, 0.29) is 11.9 Å². The van der Waals surface area contributed by atoms with Gasteiger partial charge in [0.2, 0.25) is 21.8 Å². The Hall–Kier alpha value is -3.39. The van der Waals surface area contributed by atoms with E-state index in [0.717, 1.165) is 26.9 Å². The number of rotatable bonds is 11. The molecule has 0 bridgehead atoms. The first kappa shape index (κ1) is 27.2. The van der Waals surface area contributed by atoms with Crippen LogP contribution in [0.2, 0.25) is 0 Å². The van der Waals surface area contributed by atoms with Crippen LogP contribution in [0.25, 0.3) is 10.8 Å². The first-order chi connectivity index (χ1) is 17.1. The SMILES string of the molecule is CC[C@H](C(=O)NC(C)C)N(CCc1ccccc1)C(=O)CN(c1cccc2ccccc12)S(C)(=O)=O. The number of sulfonamides is 1. The van der Waals surface area contributed by atoms with E-state index >= 15 is 0 Å². The first-order valence-corrected chi connectivity index (χ1v) is 14.1. The van der Waals surface area contributed by atoms with E-state index in [0.29, 0.717) is 25.1 Å². The quantitative estimate of drug-likeness (QED) is 0.424. The van der Waals surface area contributed by atoms with Crippen LogP contribution in [-0.4, -0.2) is 56.6 Å². The fraction of sp³-hybridized carbons (Fsp3) is 0.357. The molecule has 7 nitrogen and oxygen atoms in total. The predicted molar refractivity (Wildman–Crippen MR) is 145 cm³/mol. The van der Waals surface area contributed by atoms with E-state index in [1.807, 2.05) is 81.4 Å². The van der Waals surface area contributed by atoms with Gasteiger partial charge in [-0.05, 0) is 43.7 Å². The molecule has 0 heterocycles. The summed E-state index contributed by atoms with van der Waals surface area (Å²) in [6.07, 6.45) is 2.05. The Morgan fingerprint density at radius 2 is 1.56 bits per heavy atom. The largest absolute Gasteiger partial charge is 0.352 e. The van der Waals surface area contributed by atoms with E-state index in [4.69, 9.17) is 0 Å². The topological polar surface area (TPSA) is 86.8 Å². The lowest BCUT2D eigenvalue weighted by molar-refractivity contribution is -0.139. The highest BCUT2D eigenvalue weighted by atomic mass is 32.2. The second-order valence-electron chi connectivity index (χ2n) is 9.18. The van der Waals surface area contributed by atoms with Crippen LogP contribution in [0.3, 0.4) is 0 Å². The number of benzene rings is 3. The number of anilines is 1. The standard InChI is InChI=1S/C28H35N3O4S/c1-5-25(28(33)29-21(2)3)30(19-18-22-12-7-6-8-13-22)27(32)20-31(36(4,34)35)26-17-11-15-23-14-9-10-16-24(23)26/h6-17,21,25H,5,18-20H2,1-4H3,(H,29,33)/t25-/m1/s1. The fourth-order valence-corrected chi connectivity index (χ4v) is 5.16. The average molecular weight is 510 g/mol. The second kappa shape index (κ2) is 12.0. The first-order valence-electron chi connectivity index (χ1n) is 12.2. The van der Waals surface area contributed by atoms with Crippen molar-refractivity contribution in [3.8, 4) is 0 Å². The Kier molecular flexibility index (Phi) is 9.09. The highest BCUT2D eigenvalue weighted by Gasteiger charge is 2.32. The Labute approximate surface area is 214 Å². The minimum atomic E-state index is -3.79. The van der Waals surface area contributed by atoms with E-state index < -0.39 is 28.5 Å². The smallest absolute Gasteiger partial charge is 0.244 e. The number of hydrogen-bond acceptors (Lipinski definition) is 4. The summed E-state index contributed by atoms with van der Waals surface area (Å²) in [6, 6.07) is 21.8. The van der Waals surface area contributed by atoms with Crippen LogP contribution in [0.5, 0.6) is 0 Å². The van der Waals surface area contributed by atoms with E-state index in [9.17, 15) is 18.0 Å². The Morgan fingerprint density at radius 3 is 2.19 bits per heavy atom. The van der Waals surface area contributed by atoms with Crippen LogP contribution in [0.4, 0.5) is 5.69 Å². The van der Waals surface area contributed by atoms with Crippen molar-refractivity contribution in [2.45, 2.75) is 45.7 Å². The molecule has 1 N–H and O–H groups in total. The monoisotopic (exact) mass is 509 g/mol. The maximum Gasteiger partial charge on any atom is 0.244 e. The molecule has 36 heavy (non-hydrogen) atoms. The van der Waals surface area contributed by atoms with Crippen LogP contribution in [-0.2, 0) is 26.0 Å². The molecule has 192 valence electrons. The summed E-state index contributed by atoms with van der Waals surface area (Å²) in [5.41, 5.74) is 1.47. The summed E-state index contributed by atoms with van der Waals surface area (Å²) in [5, 5.41) is 4.51. The number of amides is 2. The Bertz CT molecular complexity index is 1290. The van der Waals surface area contributed by atoms with Crippen molar-refractivity contribution in [1.82, 2.24) is 10.2 Å². The normalized spacial score (nSPS) is 12.4. The predicted octanol–water partition coefficient (Wildman–Crippen LogP) is 3.98. The summed E-state index contributed by atoms with van der Waals surface area (Å²) >= 11 is 0. The lowest BCUT2D eigenvalue weighted by atomic mass is 10.1. The Morgan fingerprint density at radius 1 is 0.917 bits per heavy atom. The zero-order valence-electron chi connectivity index (χ0n) is 21.3. The molecule has 0 aliphatic carbocycles. The van der Waals surface area contributed by atoms with Gasteiger partial charge >= 0.3 is 0 Å². The van der Waals surface area contributed by atoms with E-state index in [1.54, 1.807) is 12.1 Å². The molecule has 0 unspecified atom stereocenters. The lowest BCUT2D eigenvalue weighted by Crippen LogP contribution is -2.54. The molecular weight excluding hydrogens is 474 g/mol. The van der Waals surface area contributed by atoms with Crippen LogP contribution in [0.1, 0.15) is 32.8 Å². The number of fused-ring (bicyclic) bond motifs is 1. The van der Waals surface area contributed by atoms with Crippen molar-refractivity contribution < 1.29 is 18.0 Å². The van der Waals surface area contributed by atoms with Crippen molar-refractivity contribution in [3.63, 3.8) is 0 Å². The maximum absolute atomic E-state index is 13.8. The highest BCUT2D eigenvalue weighted by molar-refractivity contribution is 7.92. The summed E-state index contributed by atoms with van der Waals surface area (Å²) in [4.78, 5) is 28.3. The summed E-state index contributed by atoms with van der Waals surface area (Å²) < 4.78 is 27.0. The molecule has 3 aromatic rings. The zero-order chi connectivity index (χ0) is 26.3. The molecule has 0 spiro atoms. The minimum Gasteiger partial charge on any atom is -0.352 e. The van der Waals surface area contributed by atoms with Crippen molar-refractivity contribution in [1.29, 1.82) is 0 Å². The number of hydrogen-bond donors (Lipinski definition) is 1. The molecule has 1 atom stereocenters. The molecule has 0 saturated heterocycles. The molecule has 2 amide bonds. The third kappa shape index (κ3) is 6.85. The maximum atomic E-state index is 13.8. The molecule has 0 aliphatic heterocycles. The van der Waals surface area contributed by atoms with Gasteiger partial charge < -0.3 is 10.2 Å². The average Bonchev–Trinajstić information content (AvgIpc) is 2.84. The van der Waals surface area contributed by atoms with Gasteiger partial charge in [-0.3, -0.25) is 13.9 Å². The van der Waals surface area contributed by atoms with Crippen LogP contribution >= 0.6 is 0 Å². The van der Waals surface area contributed by atoms with Gasteiger partial charge in [-0.2, -0.15) is 0 Å². The van der Waals surface area contributed by atoms with Gasteiger partial charge in [0.1, 0.15) is 12.6 Å². The van der Waals surface area contributed by atoms with Crippen LogP contribution < -0.4 is 9.62 Å². The molecule has 3 rings (SSSR count). The highest BCUT2D eigenvalue weighted by Crippen LogP contribution is 2.28. The summed E-state index contributed by atoms with van der Waals surface area (Å²) in [6.45, 7) is 5.48. The van der Waals surface area contributed by atoms with Gasteiger partial charge in [0.15, 0.2) is 0 Å². The number of nitrogens with zero attached hydrogens (tertiary/aromatic N) is 2. The molecule has 0 aliphatic rings. The number of carbonyl (C=O) groups excluding carboxylic acids is 2. The number of nitrogens with one attached hydrogen (secondary N) is 1. The van der Waals surface area contributed by atoms with Gasteiger partial charge in [0, 0.05) is 18.0 Å². The van der Waals surface area contributed by atoms with Crippen LogP contribution in [0.15, 0.2) is 72.8 Å². The minimum absolute atomic E-state index is 0.0826. The van der Waals surface area contributed by atoms with E-state index in [1.165, 1.54) is 4.90 Å². The third-order valence-corrected chi connectivity index (χ3v) is 7.14. The van der Waals surface area contributed by atoms with Crippen molar-refractivity contribution >= 4 is 38.3 Å². The molecular formula is C28H35N3O4S. The van der Waals surface area contributed by atoms with Crippen LogP contribution in [0, 0.1) is 0 Å². The van der Waals surface area contributed by atoms with Crippen molar-refractivity contribution in [2.24, 2.45) is 0 Å². The summed E-state index contributed by atoms with van der Waals surface area (Å²) in [5.74, 6) is -0.667. The molecule has 0 saturated carbocycles. The summed E-state index contributed by atoms with van der Waals surface area (Å²) in [7, 11) is -3.79. The molecule has 8 heteroatoms. The lowest BCUT2D eigenvalue weighted by Gasteiger charge is -2.33. The van der Waals surface area contributed by atoms with Gasteiger partial charge in [0.25, 0.3) is 0 Å². The molecule has 0 radical (unpaired) electrons. The van der Waals surface area contributed by atoms with Gasteiger partial charge in [-0.25, -0.2) is 8.42 Å². The van der Waals surface area contributed by atoms with Gasteiger partial charge in [0.05, 0.1) is 11.9 Å². The van der Waals surface area contributed by atoms with Gasteiger partial charge in [-0.15, -0.1) is 0 Å². The molecule has 3 aromatic carbocycles. The fourth-order valence-electron chi connectivity index (χ4n) is 4.30. The number of carbonyl (C=O) groups is 2. The van der Waals surface area contributed by atoms with E-state index in [2.05, 4.69) is 5.32 Å². The molecule has 0 aromatic heterocycles. The van der Waals surface area contributed by atoms with Crippen molar-refractivity contribution in [2.75, 3.05) is 23.7 Å². The third-order valence-electron chi connectivity index (χ3n) is 6.02. The van der Waals surface area contributed by atoms with Gasteiger partial charge in [-0.1, -0.05) is 73.7 Å². The Balaban J connectivity index is 1.97.